The lowest BCUT2D eigenvalue weighted by molar-refractivity contribution is 0.0916. The van der Waals surface area contributed by atoms with E-state index < -0.39 is 0 Å². The number of hydrogen-bond donors (Lipinski definition) is 0. The lowest BCUT2D eigenvalue weighted by Crippen LogP contribution is -2.08. The maximum Gasteiger partial charge on any atom is 0.258 e. The number of unbranched alkanes of at least 4 members (excludes halogenated alkanes) is 9. The maximum atomic E-state index is 11.8. The van der Waals surface area contributed by atoms with E-state index in [1.165, 1.54) is 61.7 Å². The van der Waals surface area contributed by atoms with Gasteiger partial charge < -0.3 is 0 Å². The summed E-state index contributed by atoms with van der Waals surface area (Å²) >= 11 is 0. The van der Waals surface area contributed by atoms with Gasteiger partial charge in [0.25, 0.3) is 11.6 Å². The Kier molecular flexibility index (Phi) is 8.21. The van der Waals surface area contributed by atoms with Crippen LogP contribution in [0.3, 0.4) is 0 Å². The Hall–Kier alpha value is -3.44. The summed E-state index contributed by atoms with van der Waals surface area (Å²) in [6.07, 6.45) is 13.4. The van der Waals surface area contributed by atoms with Gasteiger partial charge in [0.05, 0.1) is 0 Å². The van der Waals surface area contributed by atoms with Crippen molar-refractivity contribution in [2.45, 2.75) is 105 Å². The Morgan fingerprint density at radius 3 is 1.22 bits per heavy atom. The largest absolute Gasteiger partial charge is 0.273 e. The smallest absolute Gasteiger partial charge is 0.258 e. The fourth-order valence-electron chi connectivity index (χ4n) is 4.55. The molecule has 0 saturated heterocycles. The van der Waals surface area contributed by atoms with E-state index >= 15 is 0 Å². The second kappa shape index (κ2) is 11.5. The number of carbonyl (C=O) groups excluding carboxylic acids is 2. The summed E-state index contributed by atoms with van der Waals surface area (Å²) in [5, 5.41) is 17.5. The van der Waals surface area contributed by atoms with Crippen LogP contribution in [-0.2, 0) is 12.8 Å². The van der Waals surface area contributed by atoms with E-state index in [2.05, 4.69) is 30.4 Å². The van der Waals surface area contributed by atoms with Crippen molar-refractivity contribution in [2.75, 3.05) is 0 Å². The number of rotatable bonds is 13. The summed E-state index contributed by atoms with van der Waals surface area (Å²) in [5.41, 5.74) is 0. The Bertz CT molecular complexity index is 1240. The number of aromatic nitrogens is 10. The van der Waals surface area contributed by atoms with Crippen molar-refractivity contribution >= 4 is 23.4 Å². The summed E-state index contributed by atoms with van der Waals surface area (Å²) < 4.78 is 6.07. The quantitative estimate of drug-likeness (QED) is 0.256. The molecule has 0 aliphatic rings. The second-order valence-electron chi connectivity index (χ2n) is 9.47. The molecule has 0 bridgehead atoms. The van der Waals surface area contributed by atoms with Gasteiger partial charge in [-0.1, -0.05) is 51.4 Å². The highest BCUT2D eigenvalue weighted by Gasteiger charge is 2.17. The normalized spacial score (nSPS) is 11.8. The van der Waals surface area contributed by atoms with Gasteiger partial charge in [-0.25, -0.2) is 0 Å². The standard InChI is InChI=1S/C24H36N10O2/c1-17-25-23-31(19(3)35)29-21(33(23)27-17)15-13-11-9-7-5-6-8-10-12-14-16-22-30-32(20(4)36)24-26-18(2)28-34(22)24/h5-16H2,1-4H3. The zero-order valence-corrected chi connectivity index (χ0v) is 21.8. The van der Waals surface area contributed by atoms with Crippen molar-refractivity contribution < 1.29 is 9.59 Å². The van der Waals surface area contributed by atoms with Gasteiger partial charge in [-0.3, -0.25) is 9.59 Å². The lowest BCUT2D eigenvalue weighted by Gasteiger charge is -2.02. The molecule has 12 nitrogen and oxygen atoms in total. The minimum atomic E-state index is -0.148. The van der Waals surface area contributed by atoms with Gasteiger partial charge in [0.1, 0.15) is 11.6 Å². The van der Waals surface area contributed by atoms with E-state index in [-0.39, 0.29) is 11.8 Å². The highest BCUT2D eigenvalue weighted by molar-refractivity contribution is 5.79. The summed E-state index contributed by atoms with van der Waals surface area (Å²) in [7, 11) is 0. The minimum absolute atomic E-state index is 0.148. The zero-order chi connectivity index (χ0) is 25.7. The minimum Gasteiger partial charge on any atom is -0.273 e. The van der Waals surface area contributed by atoms with Gasteiger partial charge >= 0.3 is 0 Å². The number of hydrogen-bond acceptors (Lipinski definition) is 8. The monoisotopic (exact) mass is 496 g/mol. The molecule has 0 aliphatic carbocycles. The Balaban J connectivity index is 1.06. The van der Waals surface area contributed by atoms with E-state index in [1.54, 1.807) is 9.03 Å². The van der Waals surface area contributed by atoms with Crippen LogP contribution in [0.25, 0.3) is 11.6 Å². The molecule has 12 heteroatoms. The molecule has 0 aromatic carbocycles. The molecule has 0 spiro atoms. The van der Waals surface area contributed by atoms with E-state index in [0.717, 1.165) is 50.2 Å². The highest BCUT2D eigenvalue weighted by atomic mass is 16.2. The second-order valence-corrected chi connectivity index (χ2v) is 9.47. The Labute approximate surface area is 210 Å². The lowest BCUT2D eigenvalue weighted by atomic mass is 10.0. The van der Waals surface area contributed by atoms with Crippen molar-refractivity contribution in [3.05, 3.63) is 23.3 Å². The number of aryl methyl sites for hydroxylation is 4. The van der Waals surface area contributed by atoms with Crippen LogP contribution < -0.4 is 0 Å². The molecule has 0 atom stereocenters. The summed E-state index contributed by atoms with van der Waals surface area (Å²) in [6.45, 7) is 6.62. The van der Waals surface area contributed by atoms with Crippen molar-refractivity contribution in [1.82, 2.24) is 48.8 Å². The molecule has 194 valence electrons. The van der Waals surface area contributed by atoms with Crippen molar-refractivity contribution in [1.29, 1.82) is 0 Å². The molecule has 4 aromatic heterocycles. The van der Waals surface area contributed by atoms with Crippen LogP contribution in [-0.4, -0.2) is 60.6 Å². The van der Waals surface area contributed by atoms with E-state index in [9.17, 15) is 9.59 Å². The van der Waals surface area contributed by atoms with Crippen molar-refractivity contribution in [2.24, 2.45) is 0 Å². The first-order chi connectivity index (χ1) is 17.3. The molecule has 4 rings (SSSR count). The van der Waals surface area contributed by atoms with Crippen LogP contribution in [0.1, 0.15) is 111 Å². The van der Waals surface area contributed by atoms with Gasteiger partial charge in [-0.2, -0.15) is 28.4 Å². The number of carbonyl (C=O) groups is 2. The number of fused-ring (bicyclic) bond motifs is 2. The van der Waals surface area contributed by atoms with Crippen molar-refractivity contribution in [3.63, 3.8) is 0 Å². The Morgan fingerprint density at radius 2 is 0.889 bits per heavy atom. The molecular weight excluding hydrogens is 460 g/mol. The van der Waals surface area contributed by atoms with Crippen LogP contribution >= 0.6 is 0 Å². The fraction of sp³-hybridized carbons (Fsp3) is 0.667. The summed E-state index contributed by atoms with van der Waals surface area (Å²) in [4.78, 5) is 32.2. The highest BCUT2D eigenvalue weighted by Crippen LogP contribution is 2.15. The molecule has 0 fully saturated rings. The van der Waals surface area contributed by atoms with Gasteiger partial charge in [0, 0.05) is 26.7 Å². The molecule has 4 aromatic rings. The molecule has 0 radical (unpaired) electrons. The molecule has 0 saturated carbocycles. The van der Waals surface area contributed by atoms with Crippen LogP contribution in [0.4, 0.5) is 0 Å². The SMILES string of the molecule is CC(=O)n1nc(CCCCCCCCCCCCc2nn(C(C)=O)c3nc(C)nn23)n2nc(C)nc12. The maximum absolute atomic E-state index is 11.8. The molecule has 0 unspecified atom stereocenters. The first-order valence-electron chi connectivity index (χ1n) is 13.0. The Morgan fingerprint density at radius 1 is 0.556 bits per heavy atom. The van der Waals surface area contributed by atoms with E-state index in [4.69, 9.17) is 0 Å². The van der Waals surface area contributed by atoms with Crippen LogP contribution in [0.5, 0.6) is 0 Å². The average Bonchev–Trinajstić information content (AvgIpc) is 3.55. The van der Waals surface area contributed by atoms with Crippen LogP contribution in [0.2, 0.25) is 0 Å². The first kappa shape index (κ1) is 25.6. The van der Waals surface area contributed by atoms with Gasteiger partial charge in [-0.15, -0.1) is 20.4 Å². The van der Waals surface area contributed by atoms with E-state index in [0.29, 0.717) is 23.2 Å². The third-order valence-electron chi connectivity index (χ3n) is 6.34. The van der Waals surface area contributed by atoms with Crippen LogP contribution in [0, 0.1) is 13.8 Å². The molecule has 4 heterocycles. The molecular formula is C24H36N10O2. The molecule has 0 N–H and O–H groups in total. The third kappa shape index (κ3) is 5.85. The van der Waals surface area contributed by atoms with E-state index in [1.807, 2.05) is 13.8 Å². The van der Waals surface area contributed by atoms with Gasteiger partial charge in [-0.05, 0) is 26.7 Å². The fourth-order valence-corrected chi connectivity index (χ4v) is 4.55. The average molecular weight is 497 g/mol. The topological polar surface area (TPSA) is 130 Å². The predicted octanol–water partition coefficient (Wildman–Crippen LogP) is 3.79. The van der Waals surface area contributed by atoms with Crippen molar-refractivity contribution in [3.8, 4) is 0 Å². The first-order valence-corrected chi connectivity index (χ1v) is 13.0. The third-order valence-corrected chi connectivity index (χ3v) is 6.34. The van der Waals surface area contributed by atoms with Crippen LogP contribution in [0.15, 0.2) is 0 Å². The predicted molar refractivity (Wildman–Crippen MR) is 133 cm³/mol. The summed E-state index contributed by atoms with van der Waals surface area (Å²) in [6, 6.07) is 0. The number of nitrogens with zero attached hydrogens (tertiary/aromatic N) is 10. The molecule has 36 heavy (non-hydrogen) atoms. The summed E-state index contributed by atoms with van der Waals surface area (Å²) in [5.74, 6) is 3.60. The van der Waals surface area contributed by atoms with Gasteiger partial charge in [0.2, 0.25) is 11.8 Å². The van der Waals surface area contributed by atoms with Gasteiger partial charge in [0.15, 0.2) is 11.6 Å². The zero-order valence-electron chi connectivity index (χ0n) is 21.8. The molecule has 0 amide bonds. The molecule has 0 aliphatic heterocycles.